The number of rotatable bonds is 4. The van der Waals surface area contributed by atoms with Crippen molar-refractivity contribution in [3.8, 4) is 11.4 Å². The molecular formula is C12H13Cl2N3O. The fraction of sp³-hybridized carbons (Fsp3) is 0.333. The lowest BCUT2D eigenvalue weighted by molar-refractivity contribution is 0.355. The number of halogens is 2. The molecule has 0 aliphatic carbocycles. The van der Waals surface area contributed by atoms with E-state index in [4.69, 9.17) is 33.5 Å². The van der Waals surface area contributed by atoms with Crippen LogP contribution >= 0.6 is 23.2 Å². The number of nitrogens with two attached hydrogens (primary N) is 1. The van der Waals surface area contributed by atoms with Crippen molar-refractivity contribution in [3.63, 3.8) is 0 Å². The van der Waals surface area contributed by atoms with Gasteiger partial charge in [-0.15, -0.1) is 0 Å². The average molecular weight is 286 g/mol. The van der Waals surface area contributed by atoms with E-state index in [1.165, 1.54) is 0 Å². The van der Waals surface area contributed by atoms with Gasteiger partial charge in [0.05, 0.1) is 10.0 Å². The van der Waals surface area contributed by atoms with Crippen molar-refractivity contribution in [3.05, 3.63) is 34.1 Å². The second kappa shape index (κ2) is 5.69. The topological polar surface area (TPSA) is 64.9 Å². The van der Waals surface area contributed by atoms with E-state index in [1.807, 2.05) is 6.92 Å². The average Bonchev–Trinajstić information content (AvgIpc) is 2.82. The van der Waals surface area contributed by atoms with Crippen LogP contribution in [0.5, 0.6) is 0 Å². The molecule has 18 heavy (non-hydrogen) atoms. The van der Waals surface area contributed by atoms with E-state index >= 15 is 0 Å². The molecule has 1 heterocycles. The molecule has 0 bridgehead atoms. The van der Waals surface area contributed by atoms with Gasteiger partial charge in [-0.1, -0.05) is 35.3 Å². The molecule has 0 radical (unpaired) electrons. The van der Waals surface area contributed by atoms with Gasteiger partial charge >= 0.3 is 0 Å². The van der Waals surface area contributed by atoms with Crippen molar-refractivity contribution in [1.29, 1.82) is 0 Å². The van der Waals surface area contributed by atoms with Crippen LogP contribution < -0.4 is 5.73 Å². The molecule has 0 fully saturated rings. The Kier molecular flexibility index (Phi) is 4.22. The van der Waals surface area contributed by atoms with Gasteiger partial charge in [-0.3, -0.25) is 0 Å². The van der Waals surface area contributed by atoms with E-state index in [9.17, 15) is 0 Å². The standard InChI is InChI=1S/C12H13Cl2N3O/c1-7(4-5-15)12-16-11(17-18-12)8-2-3-9(13)10(14)6-8/h2-3,6-7H,4-5,15H2,1H3. The summed E-state index contributed by atoms with van der Waals surface area (Å²) < 4.78 is 5.21. The van der Waals surface area contributed by atoms with E-state index in [-0.39, 0.29) is 5.92 Å². The smallest absolute Gasteiger partial charge is 0.229 e. The maximum atomic E-state index is 5.95. The van der Waals surface area contributed by atoms with E-state index in [2.05, 4.69) is 10.1 Å². The number of aromatic nitrogens is 2. The lowest BCUT2D eigenvalue weighted by Gasteiger charge is -2.01. The maximum Gasteiger partial charge on any atom is 0.229 e. The van der Waals surface area contributed by atoms with Crippen molar-refractivity contribution < 1.29 is 4.52 Å². The molecule has 0 saturated carbocycles. The maximum absolute atomic E-state index is 5.95. The fourth-order valence-electron chi connectivity index (χ4n) is 1.56. The van der Waals surface area contributed by atoms with Crippen molar-refractivity contribution in [2.24, 2.45) is 5.73 Å². The van der Waals surface area contributed by atoms with Gasteiger partial charge in [-0.25, -0.2) is 0 Å². The Morgan fingerprint density at radius 1 is 1.33 bits per heavy atom. The molecular weight excluding hydrogens is 273 g/mol. The summed E-state index contributed by atoms with van der Waals surface area (Å²) in [4.78, 5) is 4.33. The largest absolute Gasteiger partial charge is 0.339 e. The third kappa shape index (κ3) is 2.83. The predicted molar refractivity (Wildman–Crippen MR) is 71.8 cm³/mol. The zero-order valence-corrected chi connectivity index (χ0v) is 11.4. The Bertz CT molecular complexity index is 542. The van der Waals surface area contributed by atoms with Crippen molar-refractivity contribution in [1.82, 2.24) is 10.1 Å². The van der Waals surface area contributed by atoms with Crippen molar-refractivity contribution in [2.75, 3.05) is 6.54 Å². The molecule has 2 N–H and O–H groups in total. The van der Waals surface area contributed by atoms with E-state index in [0.717, 1.165) is 12.0 Å². The van der Waals surface area contributed by atoms with Crippen LogP contribution in [0.2, 0.25) is 10.0 Å². The molecule has 1 aromatic heterocycles. The number of benzene rings is 1. The van der Waals surface area contributed by atoms with Gasteiger partial charge in [0.15, 0.2) is 0 Å². The molecule has 96 valence electrons. The highest BCUT2D eigenvalue weighted by Gasteiger charge is 2.15. The van der Waals surface area contributed by atoms with Crippen molar-refractivity contribution in [2.45, 2.75) is 19.3 Å². The minimum atomic E-state index is 0.152. The Hall–Kier alpha value is -1.10. The normalized spacial score (nSPS) is 12.7. The van der Waals surface area contributed by atoms with Gasteiger partial charge in [-0.2, -0.15) is 4.98 Å². The Morgan fingerprint density at radius 2 is 2.11 bits per heavy atom. The van der Waals surface area contributed by atoms with Gasteiger partial charge in [0, 0.05) is 11.5 Å². The zero-order chi connectivity index (χ0) is 13.1. The van der Waals surface area contributed by atoms with Crippen LogP contribution in [-0.4, -0.2) is 16.7 Å². The minimum absolute atomic E-state index is 0.152. The lowest BCUT2D eigenvalue weighted by Crippen LogP contribution is -2.04. The molecule has 2 rings (SSSR count). The molecule has 0 spiro atoms. The summed E-state index contributed by atoms with van der Waals surface area (Å²) in [5.41, 5.74) is 6.28. The lowest BCUT2D eigenvalue weighted by atomic mass is 10.1. The first-order valence-corrected chi connectivity index (χ1v) is 6.36. The summed E-state index contributed by atoms with van der Waals surface area (Å²) in [6.45, 7) is 2.59. The fourth-order valence-corrected chi connectivity index (χ4v) is 1.86. The second-order valence-corrected chi connectivity index (χ2v) is 4.88. The first-order valence-electron chi connectivity index (χ1n) is 5.61. The molecule has 1 atom stereocenters. The highest BCUT2D eigenvalue weighted by molar-refractivity contribution is 6.42. The summed E-state index contributed by atoms with van der Waals surface area (Å²) in [7, 11) is 0. The molecule has 4 nitrogen and oxygen atoms in total. The SMILES string of the molecule is CC(CCN)c1nc(-c2ccc(Cl)c(Cl)c2)no1. The Balaban J connectivity index is 2.26. The van der Waals surface area contributed by atoms with Gasteiger partial charge < -0.3 is 10.3 Å². The van der Waals surface area contributed by atoms with Gasteiger partial charge in [0.25, 0.3) is 0 Å². The summed E-state index contributed by atoms with van der Waals surface area (Å²) in [6, 6.07) is 5.22. The van der Waals surface area contributed by atoms with E-state index in [1.54, 1.807) is 18.2 Å². The van der Waals surface area contributed by atoms with Crippen LogP contribution in [0.4, 0.5) is 0 Å². The molecule has 0 aliphatic rings. The molecule has 1 aromatic carbocycles. The van der Waals surface area contributed by atoms with E-state index < -0.39 is 0 Å². The monoisotopic (exact) mass is 285 g/mol. The number of hydrogen-bond acceptors (Lipinski definition) is 4. The molecule has 1 unspecified atom stereocenters. The predicted octanol–water partition coefficient (Wildman–Crippen LogP) is 3.50. The zero-order valence-electron chi connectivity index (χ0n) is 9.86. The third-order valence-electron chi connectivity index (χ3n) is 2.64. The van der Waals surface area contributed by atoms with Gasteiger partial charge in [-0.05, 0) is 31.2 Å². The highest BCUT2D eigenvalue weighted by atomic mass is 35.5. The molecule has 6 heteroatoms. The van der Waals surface area contributed by atoms with Crippen LogP contribution in [0, 0.1) is 0 Å². The minimum Gasteiger partial charge on any atom is -0.339 e. The second-order valence-electron chi connectivity index (χ2n) is 4.06. The molecule has 0 aliphatic heterocycles. The number of nitrogens with zero attached hydrogens (tertiary/aromatic N) is 2. The molecule has 0 amide bonds. The van der Waals surface area contributed by atoms with Crippen LogP contribution in [0.25, 0.3) is 11.4 Å². The third-order valence-corrected chi connectivity index (χ3v) is 3.38. The van der Waals surface area contributed by atoms with Crippen LogP contribution in [0.15, 0.2) is 22.7 Å². The Morgan fingerprint density at radius 3 is 2.78 bits per heavy atom. The van der Waals surface area contributed by atoms with Crippen LogP contribution in [0.1, 0.15) is 25.2 Å². The first kappa shape index (κ1) is 13.3. The molecule has 2 aromatic rings. The van der Waals surface area contributed by atoms with Gasteiger partial charge in [0.2, 0.25) is 11.7 Å². The number of hydrogen-bond donors (Lipinski definition) is 1. The van der Waals surface area contributed by atoms with Crippen LogP contribution in [0.3, 0.4) is 0 Å². The summed E-state index contributed by atoms with van der Waals surface area (Å²) in [5.74, 6) is 1.24. The van der Waals surface area contributed by atoms with E-state index in [0.29, 0.717) is 28.3 Å². The van der Waals surface area contributed by atoms with Gasteiger partial charge in [0.1, 0.15) is 0 Å². The van der Waals surface area contributed by atoms with Crippen LogP contribution in [-0.2, 0) is 0 Å². The summed E-state index contributed by atoms with van der Waals surface area (Å²) >= 11 is 11.8. The quantitative estimate of drug-likeness (QED) is 0.934. The first-order chi connectivity index (χ1) is 8.61. The Labute approximate surface area is 115 Å². The highest BCUT2D eigenvalue weighted by Crippen LogP contribution is 2.28. The summed E-state index contributed by atoms with van der Waals surface area (Å²) in [5, 5.41) is 4.90. The van der Waals surface area contributed by atoms with Crippen molar-refractivity contribution >= 4 is 23.2 Å². The molecule has 0 saturated heterocycles. The summed E-state index contributed by atoms with van der Waals surface area (Å²) in [6.07, 6.45) is 0.809.